The number of halogens is 3. The number of alkyl halides is 3. The molecule has 0 saturated carbocycles. The van der Waals surface area contributed by atoms with E-state index >= 15 is 0 Å². The molecular formula is C55H49F3IrNO2-. The number of nitrogens with zero attached hydrogens (tertiary/aromatic N) is 1. The first-order valence-corrected chi connectivity index (χ1v) is 21.1. The van der Waals surface area contributed by atoms with Gasteiger partial charge >= 0.3 is 6.18 Å². The number of carbonyl (C=O) groups excluding carboxylic acids is 1. The van der Waals surface area contributed by atoms with Gasteiger partial charge in [0.15, 0.2) is 5.78 Å². The number of benzene rings is 6. The number of carbonyl (C=O) groups is 1. The summed E-state index contributed by atoms with van der Waals surface area (Å²) in [6, 6.07) is 51.1. The standard InChI is InChI=1S/C42H25F3N.C13H24O2.Ir/c43-42(44,45)40-26-46-41(25-38(40)27-11-2-1-3-12-27)30-14-10-13-28(23-30)29-21-22-37-35-19-7-6-17-33(35)31-15-4-5-16-32(31)34-18-8-9-20-36(34)39(37)24-29;1-5-10(6-2)12(14)9-13(15)11(7-3)8-4;/h1-13,15-26H;9-11,14H,5-8H2,1-4H3;/q-1;;/b;12-9-;. The second-order valence-corrected chi connectivity index (χ2v) is 15.4. The van der Waals surface area contributed by atoms with E-state index in [4.69, 9.17) is 0 Å². The number of aliphatic hydroxyl groups is 1. The molecule has 1 radical (unpaired) electrons. The molecule has 1 aromatic heterocycles. The van der Waals surface area contributed by atoms with Gasteiger partial charge in [0, 0.05) is 44.2 Å². The van der Waals surface area contributed by atoms with Crippen LogP contribution in [0.1, 0.15) is 58.9 Å². The molecular weight excluding hydrogens is 956 g/mol. The van der Waals surface area contributed by atoms with Gasteiger partial charge in [0.25, 0.3) is 0 Å². The SMILES string of the molecule is CCC(CC)C(=O)/C=C(\O)C(CC)CC.FC(F)(F)c1cnc(-c2[c-]ccc(-c3ccc4c(c3)-c3ccccc3-c3ccccc3-c3ccccc3-4)c2)cc1-c1ccccc1.[Ir]. The van der Waals surface area contributed by atoms with Crippen LogP contribution in [-0.2, 0) is 31.1 Å². The molecule has 1 N–H and O–H groups in total. The number of hydrogen-bond donors (Lipinski definition) is 1. The molecule has 1 aliphatic carbocycles. The second kappa shape index (κ2) is 20.3. The van der Waals surface area contributed by atoms with Crippen LogP contribution in [0.3, 0.4) is 0 Å². The maximum absolute atomic E-state index is 14.0. The van der Waals surface area contributed by atoms with Crippen molar-refractivity contribution in [1.29, 1.82) is 0 Å². The Balaban J connectivity index is 0.000000346. The third-order valence-electron chi connectivity index (χ3n) is 11.7. The molecule has 62 heavy (non-hydrogen) atoms. The number of allylic oxidation sites excluding steroid dienone is 2. The third kappa shape index (κ3) is 9.75. The van der Waals surface area contributed by atoms with Gasteiger partial charge in [0.2, 0.25) is 0 Å². The predicted molar refractivity (Wildman–Crippen MR) is 244 cm³/mol. The van der Waals surface area contributed by atoms with Crippen LogP contribution in [-0.4, -0.2) is 15.9 Å². The normalized spacial score (nSPS) is 11.8. The molecule has 8 rings (SSSR count). The van der Waals surface area contributed by atoms with Crippen molar-refractivity contribution in [1.82, 2.24) is 4.98 Å². The van der Waals surface area contributed by atoms with Crippen molar-refractivity contribution < 1.29 is 43.2 Å². The van der Waals surface area contributed by atoms with E-state index in [9.17, 15) is 23.1 Å². The van der Waals surface area contributed by atoms with Gasteiger partial charge in [-0.25, -0.2) is 0 Å². The Kier molecular flexibility index (Phi) is 15.0. The maximum Gasteiger partial charge on any atom is 0.418 e. The summed E-state index contributed by atoms with van der Waals surface area (Å²) in [5, 5.41) is 9.76. The van der Waals surface area contributed by atoms with E-state index in [0.29, 0.717) is 16.8 Å². The zero-order valence-corrected chi connectivity index (χ0v) is 37.7. The van der Waals surface area contributed by atoms with Gasteiger partial charge in [0.05, 0.1) is 11.3 Å². The Hall–Kier alpha value is -5.88. The number of hydrogen-bond acceptors (Lipinski definition) is 3. The molecule has 0 unspecified atom stereocenters. The van der Waals surface area contributed by atoms with Crippen molar-refractivity contribution in [3.8, 4) is 78.0 Å². The summed E-state index contributed by atoms with van der Waals surface area (Å²) in [5.41, 5.74) is 12.1. The first-order chi connectivity index (χ1) is 29.6. The molecule has 0 bridgehead atoms. The predicted octanol–water partition coefficient (Wildman–Crippen LogP) is 15.8. The fraction of sp³-hybridized carbons (Fsp3) is 0.200. The second-order valence-electron chi connectivity index (χ2n) is 15.4. The molecule has 0 saturated heterocycles. The van der Waals surface area contributed by atoms with Gasteiger partial charge < -0.3 is 10.1 Å². The van der Waals surface area contributed by atoms with E-state index in [2.05, 4.69) is 102 Å². The quantitative estimate of drug-likeness (QED) is 0.0844. The number of rotatable bonds is 10. The summed E-state index contributed by atoms with van der Waals surface area (Å²) < 4.78 is 41.9. The average Bonchev–Trinajstić information content (AvgIpc) is 3.29. The molecule has 0 atom stereocenters. The molecule has 0 aliphatic heterocycles. The fourth-order valence-electron chi connectivity index (χ4n) is 8.30. The number of aromatic nitrogens is 1. The Morgan fingerprint density at radius 3 is 1.55 bits per heavy atom. The van der Waals surface area contributed by atoms with Gasteiger partial charge in [-0.15, -0.1) is 35.4 Å². The maximum atomic E-state index is 14.0. The number of ketones is 1. The van der Waals surface area contributed by atoms with E-state index in [1.54, 1.807) is 30.3 Å². The van der Waals surface area contributed by atoms with Crippen LogP contribution in [0, 0.1) is 17.9 Å². The van der Waals surface area contributed by atoms with Crippen LogP contribution < -0.4 is 0 Å². The van der Waals surface area contributed by atoms with Crippen LogP contribution in [0.2, 0.25) is 0 Å². The van der Waals surface area contributed by atoms with Crippen LogP contribution in [0.4, 0.5) is 13.2 Å². The monoisotopic (exact) mass is 1010 g/mol. The van der Waals surface area contributed by atoms with Gasteiger partial charge in [0.1, 0.15) is 0 Å². The molecule has 0 spiro atoms. The van der Waals surface area contributed by atoms with Crippen molar-refractivity contribution >= 4 is 5.78 Å². The largest absolute Gasteiger partial charge is 0.512 e. The first kappa shape index (κ1) is 45.6. The zero-order valence-electron chi connectivity index (χ0n) is 35.3. The number of fused-ring (bicyclic) bond motifs is 8. The molecule has 6 aromatic carbocycles. The first-order valence-electron chi connectivity index (χ1n) is 21.1. The van der Waals surface area contributed by atoms with Crippen LogP contribution >= 0.6 is 0 Å². The molecule has 1 aliphatic rings. The Labute approximate surface area is 376 Å². The molecule has 7 aromatic rings. The van der Waals surface area contributed by atoms with Gasteiger partial charge in [-0.2, -0.15) is 13.2 Å². The summed E-state index contributed by atoms with van der Waals surface area (Å²) in [5.74, 6) is 0.547. The van der Waals surface area contributed by atoms with E-state index in [1.165, 1.54) is 28.8 Å². The third-order valence-corrected chi connectivity index (χ3v) is 11.7. The molecule has 0 amide bonds. The summed E-state index contributed by atoms with van der Waals surface area (Å²) in [4.78, 5) is 16.0. The number of aliphatic hydroxyl groups excluding tert-OH is 1. The van der Waals surface area contributed by atoms with Crippen molar-refractivity contribution in [3.05, 3.63) is 175 Å². The van der Waals surface area contributed by atoms with Crippen molar-refractivity contribution in [3.63, 3.8) is 0 Å². The van der Waals surface area contributed by atoms with E-state index in [0.717, 1.165) is 70.8 Å². The summed E-state index contributed by atoms with van der Waals surface area (Å²) in [6.07, 6.45) is 1.30. The van der Waals surface area contributed by atoms with Crippen molar-refractivity contribution in [2.45, 2.75) is 59.6 Å². The minimum absolute atomic E-state index is 0. The summed E-state index contributed by atoms with van der Waals surface area (Å²) in [7, 11) is 0. The molecule has 317 valence electrons. The summed E-state index contributed by atoms with van der Waals surface area (Å²) >= 11 is 0. The molecule has 0 fully saturated rings. The molecule has 3 nitrogen and oxygen atoms in total. The smallest absolute Gasteiger partial charge is 0.418 e. The van der Waals surface area contributed by atoms with Crippen LogP contribution in [0.25, 0.3) is 78.0 Å². The van der Waals surface area contributed by atoms with Crippen LogP contribution in [0.15, 0.2) is 164 Å². The van der Waals surface area contributed by atoms with Crippen LogP contribution in [0.5, 0.6) is 0 Å². The van der Waals surface area contributed by atoms with E-state index < -0.39 is 11.7 Å². The topological polar surface area (TPSA) is 50.2 Å². The Morgan fingerprint density at radius 1 is 0.581 bits per heavy atom. The molecule has 1 heterocycles. The average molecular weight is 1010 g/mol. The fourth-order valence-corrected chi connectivity index (χ4v) is 8.30. The van der Waals surface area contributed by atoms with Gasteiger partial charge in [-0.1, -0.05) is 149 Å². The Bertz CT molecular complexity index is 2670. The minimum atomic E-state index is -4.53. The number of pyridine rings is 1. The van der Waals surface area contributed by atoms with E-state index in [1.807, 2.05) is 45.9 Å². The van der Waals surface area contributed by atoms with Crippen molar-refractivity contribution in [2.24, 2.45) is 11.8 Å². The zero-order chi connectivity index (χ0) is 43.1. The van der Waals surface area contributed by atoms with Gasteiger partial charge in [-0.05, 0) is 98.6 Å². The minimum Gasteiger partial charge on any atom is -0.512 e. The van der Waals surface area contributed by atoms with Crippen molar-refractivity contribution in [2.75, 3.05) is 0 Å². The molecule has 7 heteroatoms. The summed E-state index contributed by atoms with van der Waals surface area (Å²) in [6.45, 7) is 8.07. The van der Waals surface area contributed by atoms with E-state index in [-0.39, 0.29) is 49.0 Å². The van der Waals surface area contributed by atoms with Gasteiger partial charge in [-0.3, -0.25) is 4.79 Å². The Morgan fingerprint density at radius 2 is 1.05 bits per heavy atom.